The Hall–Kier alpha value is -1.72. The molecule has 0 atom stereocenters. The van der Waals surface area contributed by atoms with Crippen LogP contribution in [0.1, 0.15) is 28.2 Å². The number of fused-ring (bicyclic) bond motifs is 1. The van der Waals surface area contributed by atoms with Crippen LogP contribution in [0.2, 0.25) is 0 Å². The molecule has 104 valence electrons. The minimum Gasteiger partial charge on any atom is -0.273 e. The quantitative estimate of drug-likeness (QED) is 0.872. The lowest BCUT2D eigenvalue weighted by Gasteiger charge is -2.27. The molecule has 0 aliphatic carbocycles. The number of carbonyl (C=O) groups excluding carboxylic acids is 1. The molecular weight excluding hydrogens is 272 g/mol. The van der Waals surface area contributed by atoms with Gasteiger partial charge >= 0.3 is 0 Å². The Bertz CT molecular complexity index is 624. The van der Waals surface area contributed by atoms with E-state index in [9.17, 15) is 4.79 Å². The average molecular weight is 288 g/mol. The van der Waals surface area contributed by atoms with Crippen LogP contribution in [0.15, 0.2) is 29.6 Å². The highest BCUT2D eigenvalue weighted by atomic mass is 32.1. The number of aromatic nitrogens is 1. The molecule has 1 aliphatic heterocycles. The molecule has 0 saturated heterocycles. The van der Waals surface area contributed by atoms with Gasteiger partial charge in [-0.2, -0.15) is 0 Å². The van der Waals surface area contributed by atoms with Crippen molar-refractivity contribution in [1.29, 1.82) is 0 Å². The van der Waals surface area contributed by atoms with E-state index in [1.807, 2.05) is 36.6 Å². The maximum Gasteiger partial charge on any atom is 0.246 e. The van der Waals surface area contributed by atoms with Crippen molar-refractivity contribution in [2.75, 3.05) is 0 Å². The number of aryl methyl sites for hydroxylation is 2. The zero-order valence-electron chi connectivity index (χ0n) is 11.3. The first-order chi connectivity index (χ1) is 9.72. The van der Waals surface area contributed by atoms with E-state index in [0.717, 1.165) is 21.8 Å². The Morgan fingerprint density at radius 2 is 2.20 bits per heavy atom. The van der Waals surface area contributed by atoms with E-state index in [0.29, 0.717) is 26.0 Å². The fourth-order valence-electron chi connectivity index (χ4n) is 2.24. The maximum absolute atomic E-state index is 12.2. The molecule has 2 aromatic rings. The Labute approximate surface area is 122 Å². The summed E-state index contributed by atoms with van der Waals surface area (Å²) in [5.41, 5.74) is 3.31. The second kappa shape index (κ2) is 5.73. The van der Waals surface area contributed by atoms with Crippen LogP contribution in [-0.4, -0.2) is 16.0 Å². The highest BCUT2D eigenvalue weighted by molar-refractivity contribution is 7.09. The summed E-state index contributed by atoms with van der Waals surface area (Å²) in [4.78, 5) is 22.1. The van der Waals surface area contributed by atoms with Crippen molar-refractivity contribution in [3.63, 3.8) is 0 Å². The van der Waals surface area contributed by atoms with Crippen LogP contribution in [0, 0.1) is 6.92 Å². The van der Waals surface area contributed by atoms with E-state index in [1.165, 1.54) is 5.06 Å². The van der Waals surface area contributed by atoms with Crippen LogP contribution < -0.4 is 0 Å². The molecule has 0 unspecified atom stereocenters. The highest BCUT2D eigenvalue weighted by Crippen LogP contribution is 2.20. The second-order valence-corrected chi connectivity index (χ2v) is 5.89. The third kappa shape index (κ3) is 2.89. The zero-order valence-corrected chi connectivity index (χ0v) is 12.2. The standard InChI is InChI=1S/C15H16N2O2S/c1-11-16-14(10-20-11)6-7-15(18)17-8-12-4-2-3-5-13(12)9-19-17/h2-5,10H,6-9H2,1H3. The summed E-state index contributed by atoms with van der Waals surface area (Å²) in [6, 6.07) is 8.06. The molecule has 0 bridgehead atoms. The predicted molar refractivity (Wildman–Crippen MR) is 77.0 cm³/mol. The second-order valence-electron chi connectivity index (χ2n) is 4.83. The van der Waals surface area contributed by atoms with Gasteiger partial charge in [-0.3, -0.25) is 9.63 Å². The Kier molecular flexibility index (Phi) is 3.80. The molecule has 0 radical (unpaired) electrons. The lowest BCUT2D eigenvalue weighted by atomic mass is 10.1. The number of hydroxylamine groups is 2. The summed E-state index contributed by atoms with van der Waals surface area (Å²) in [5.74, 6) is 0.0187. The third-order valence-corrected chi connectivity index (χ3v) is 4.17. The number of hydrogen-bond acceptors (Lipinski definition) is 4. The predicted octanol–water partition coefficient (Wildman–Crippen LogP) is 2.86. The molecule has 1 aliphatic rings. The number of nitrogens with zero attached hydrogens (tertiary/aromatic N) is 2. The third-order valence-electron chi connectivity index (χ3n) is 3.35. The van der Waals surface area contributed by atoms with Crippen molar-refractivity contribution in [2.24, 2.45) is 0 Å². The minimum atomic E-state index is 0.0187. The fourth-order valence-corrected chi connectivity index (χ4v) is 2.89. The molecule has 0 fully saturated rings. The van der Waals surface area contributed by atoms with Gasteiger partial charge in [0, 0.05) is 11.8 Å². The summed E-state index contributed by atoms with van der Waals surface area (Å²) in [7, 11) is 0. The normalized spacial score (nSPS) is 14.2. The SMILES string of the molecule is Cc1nc(CCC(=O)N2Cc3ccccc3CO2)cs1. The van der Waals surface area contributed by atoms with Gasteiger partial charge in [0.1, 0.15) is 6.61 Å². The van der Waals surface area contributed by atoms with Gasteiger partial charge in [0.15, 0.2) is 0 Å². The van der Waals surface area contributed by atoms with Crippen molar-refractivity contribution in [3.8, 4) is 0 Å². The van der Waals surface area contributed by atoms with Crippen molar-refractivity contribution in [3.05, 3.63) is 51.5 Å². The van der Waals surface area contributed by atoms with Crippen LogP contribution in [0.4, 0.5) is 0 Å². The van der Waals surface area contributed by atoms with E-state index < -0.39 is 0 Å². The molecule has 1 aromatic heterocycles. The molecule has 0 saturated carbocycles. The Balaban J connectivity index is 1.59. The first kappa shape index (κ1) is 13.3. The van der Waals surface area contributed by atoms with E-state index in [4.69, 9.17) is 4.84 Å². The molecule has 20 heavy (non-hydrogen) atoms. The van der Waals surface area contributed by atoms with Gasteiger partial charge in [0.05, 0.1) is 17.2 Å². The van der Waals surface area contributed by atoms with Crippen molar-refractivity contribution >= 4 is 17.2 Å². The number of hydrogen-bond donors (Lipinski definition) is 0. The first-order valence-corrected chi connectivity index (χ1v) is 7.51. The lowest BCUT2D eigenvalue weighted by Crippen LogP contribution is -2.34. The van der Waals surface area contributed by atoms with Crippen LogP contribution in [-0.2, 0) is 29.2 Å². The molecule has 1 amide bonds. The van der Waals surface area contributed by atoms with E-state index >= 15 is 0 Å². The highest BCUT2D eigenvalue weighted by Gasteiger charge is 2.21. The Morgan fingerprint density at radius 3 is 2.95 bits per heavy atom. The zero-order chi connectivity index (χ0) is 13.9. The summed E-state index contributed by atoms with van der Waals surface area (Å²) in [6.07, 6.45) is 1.11. The molecule has 2 heterocycles. The summed E-state index contributed by atoms with van der Waals surface area (Å²) < 4.78 is 0. The van der Waals surface area contributed by atoms with Crippen LogP contribution in [0.25, 0.3) is 0 Å². The monoisotopic (exact) mass is 288 g/mol. The maximum atomic E-state index is 12.2. The van der Waals surface area contributed by atoms with Crippen molar-refractivity contribution < 1.29 is 9.63 Å². The molecule has 0 spiro atoms. The largest absolute Gasteiger partial charge is 0.273 e. The van der Waals surface area contributed by atoms with Gasteiger partial charge in [0.25, 0.3) is 0 Å². The van der Waals surface area contributed by atoms with E-state index in [1.54, 1.807) is 11.3 Å². The van der Waals surface area contributed by atoms with Crippen molar-refractivity contribution in [1.82, 2.24) is 10.0 Å². The summed E-state index contributed by atoms with van der Waals surface area (Å²) in [6.45, 7) is 2.98. The number of benzene rings is 1. The van der Waals surface area contributed by atoms with Crippen LogP contribution >= 0.6 is 11.3 Å². The van der Waals surface area contributed by atoms with Gasteiger partial charge < -0.3 is 0 Å². The summed E-state index contributed by atoms with van der Waals surface area (Å²) >= 11 is 1.62. The molecular formula is C15H16N2O2S. The number of carbonyl (C=O) groups is 1. The van der Waals surface area contributed by atoms with Crippen LogP contribution in [0.3, 0.4) is 0 Å². The lowest BCUT2D eigenvalue weighted by molar-refractivity contribution is -0.200. The fraction of sp³-hybridized carbons (Fsp3) is 0.333. The van der Waals surface area contributed by atoms with Gasteiger partial charge in [-0.1, -0.05) is 24.3 Å². The first-order valence-electron chi connectivity index (χ1n) is 6.63. The molecule has 1 aromatic carbocycles. The molecule has 5 heteroatoms. The molecule has 4 nitrogen and oxygen atoms in total. The summed E-state index contributed by atoms with van der Waals surface area (Å²) in [5, 5.41) is 4.52. The number of thiazole rings is 1. The smallest absolute Gasteiger partial charge is 0.246 e. The molecule has 3 rings (SSSR count). The van der Waals surface area contributed by atoms with Crippen molar-refractivity contribution in [2.45, 2.75) is 32.9 Å². The number of amides is 1. The van der Waals surface area contributed by atoms with Crippen LogP contribution in [0.5, 0.6) is 0 Å². The van der Waals surface area contributed by atoms with E-state index in [-0.39, 0.29) is 5.91 Å². The Morgan fingerprint density at radius 1 is 1.40 bits per heavy atom. The van der Waals surface area contributed by atoms with Gasteiger partial charge in [-0.25, -0.2) is 10.0 Å². The van der Waals surface area contributed by atoms with Gasteiger partial charge in [-0.15, -0.1) is 11.3 Å². The topological polar surface area (TPSA) is 42.4 Å². The van der Waals surface area contributed by atoms with Gasteiger partial charge in [0.2, 0.25) is 5.91 Å². The molecule has 0 N–H and O–H groups in total. The van der Waals surface area contributed by atoms with Gasteiger partial charge in [-0.05, 0) is 24.5 Å². The minimum absolute atomic E-state index is 0.0187. The average Bonchev–Trinajstić information content (AvgIpc) is 2.90. The van der Waals surface area contributed by atoms with E-state index in [2.05, 4.69) is 4.98 Å². The number of rotatable bonds is 3.